The van der Waals surface area contributed by atoms with Crippen LogP contribution < -0.4 is 9.47 Å². The minimum absolute atomic E-state index is 0.00276. The molecule has 0 amide bonds. The van der Waals surface area contributed by atoms with Crippen LogP contribution in [0.15, 0.2) is 47.4 Å². The van der Waals surface area contributed by atoms with E-state index in [4.69, 9.17) is 25.8 Å². The monoisotopic (exact) mass is 558 g/mol. The van der Waals surface area contributed by atoms with Crippen LogP contribution in [-0.2, 0) is 14.8 Å². The number of sulfonamides is 1. The predicted octanol–water partition coefficient (Wildman–Crippen LogP) is 4.11. The molecule has 1 aliphatic rings. The van der Waals surface area contributed by atoms with Gasteiger partial charge in [0, 0.05) is 18.7 Å². The number of ether oxygens (including phenoxy) is 3. The van der Waals surface area contributed by atoms with Crippen molar-refractivity contribution in [3.05, 3.63) is 58.6 Å². The summed E-state index contributed by atoms with van der Waals surface area (Å²) in [5, 5.41) is 9.62. The van der Waals surface area contributed by atoms with Crippen LogP contribution >= 0.6 is 11.6 Å². The predicted molar refractivity (Wildman–Crippen MR) is 139 cm³/mol. The van der Waals surface area contributed by atoms with E-state index in [9.17, 15) is 18.3 Å². The molecule has 38 heavy (non-hydrogen) atoms. The molecule has 0 radical (unpaired) electrons. The molecule has 0 bridgehead atoms. The highest BCUT2D eigenvalue weighted by molar-refractivity contribution is 7.89. The van der Waals surface area contributed by atoms with Crippen LogP contribution in [0.1, 0.15) is 15.9 Å². The number of benzene rings is 2. The van der Waals surface area contributed by atoms with E-state index in [0.29, 0.717) is 35.6 Å². The fourth-order valence-corrected chi connectivity index (χ4v) is 5.95. The van der Waals surface area contributed by atoms with Gasteiger partial charge in [0.1, 0.15) is 16.4 Å². The molecule has 198 valence electrons. The number of methoxy groups -OCH3 is 1. The zero-order chi connectivity index (χ0) is 27.0. The fraction of sp³-hybridized carbons (Fsp3) is 0.240. The number of morpholine rings is 1. The number of aryl methyl sites for hydroxylation is 1. The van der Waals surface area contributed by atoms with Crippen molar-refractivity contribution in [2.45, 2.75) is 11.8 Å². The maximum atomic E-state index is 13.4. The van der Waals surface area contributed by atoms with E-state index < -0.39 is 16.0 Å². The highest BCUT2D eigenvalue weighted by Gasteiger charge is 2.30. The highest BCUT2D eigenvalue weighted by atomic mass is 35.5. The van der Waals surface area contributed by atoms with Crippen LogP contribution in [0.2, 0.25) is 5.02 Å². The molecule has 0 spiro atoms. The van der Waals surface area contributed by atoms with E-state index in [1.165, 1.54) is 23.5 Å². The first-order valence-corrected chi connectivity index (χ1v) is 13.3. The van der Waals surface area contributed by atoms with Gasteiger partial charge >= 0.3 is 12.0 Å². The van der Waals surface area contributed by atoms with Crippen molar-refractivity contribution in [3.63, 3.8) is 0 Å². The molecule has 1 fully saturated rings. The summed E-state index contributed by atoms with van der Waals surface area (Å²) in [6.45, 7) is 2.81. The number of aromatic amines is 1. The molecule has 5 rings (SSSR count). The number of fused-ring (bicyclic) bond motifs is 1. The summed E-state index contributed by atoms with van der Waals surface area (Å²) in [5.74, 6) is -0.580. The Hall–Kier alpha value is -3.71. The number of nitrogens with zero attached hydrogens (tertiary/aromatic N) is 3. The van der Waals surface area contributed by atoms with Crippen molar-refractivity contribution in [2.24, 2.45) is 0 Å². The van der Waals surface area contributed by atoms with E-state index in [2.05, 4.69) is 15.0 Å². The zero-order valence-electron chi connectivity index (χ0n) is 20.4. The van der Waals surface area contributed by atoms with E-state index >= 15 is 0 Å². The zero-order valence-corrected chi connectivity index (χ0v) is 22.0. The third-order valence-electron chi connectivity index (χ3n) is 6.08. The second-order valence-electron chi connectivity index (χ2n) is 8.50. The van der Waals surface area contributed by atoms with Crippen LogP contribution in [-0.4, -0.2) is 72.2 Å². The average molecular weight is 559 g/mol. The molecule has 0 unspecified atom stereocenters. The van der Waals surface area contributed by atoms with Gasteiger partial charge in [0.05, 0.1) is 42.1 Å². The lowest BCUT2D eigenvalue weighted by molar-refractivity contribution is 0.0695. The first kappa shape index (κ1) is 25.9. The lowest BCUT2D eigenvalue weighted by Gasteiger charge is -2.26. The lowest BCUT2D eigenvalue weighted by atomic mass is 10.1. The summed E-state index contributed by atoms with van der Waals surface area (Å²) in [6.07, 6.45) is 0. The van der Waals surface area contributed by atoms with Gasteiger partial charge in [-0.1, -0.05) is 17.7 Å². The number of aromatic carboxylic acids is 1. The molecule has 13 heteroatoms. The van der Waals surface area contributed by atoms with Gasteiger partial charge in [-0.15, -0.1) is 0 Å². The first-order chi connectivity index (χ1) is 18.2. The van der Waals surface area contributed by atoms with Crippen LogP contribution in [0.3, 0.4) is 0 Å². The standard InChI is InChI=1S/C25H23ClN4O7S/c1-14-3-5-16(12-17(14)24(31)32)37-25-27-19-13-18(26)22(28-23(19)29-25)15-4-6-20(35-2)21(11-15)38(33,34)30-7-9-36-10-8-30/h3-6,11-13H,7-10H2,1-2H3,(H,31,32)(H,27,28,29). The molecular weight excluding hydrogens is 536 g/mol. The van der Waals surface area contributed by atoms with Gasteiger partial charge < -0.3 is 24.3 Å². The number of carboxylic acid groups (broad SMARTS) is 1. The number of halogens is 1. The molecule has 2 aromatic carbocycles. The molecule has 1 saturated heterocycles. The molecule has 1 aliphatic heterocycles. The molecule has 11 nitrogen and oxygen atoms in total. The van der Waals surface area contributed by atoms with E-state index in [1.54, 1.807) is 37.3 Å². The van der Waals surface area contributed by atoms with Crippen molar-refractivity contribution >= 4 is 38.8 Å². The normalized spacial score (nSPS) is 14.5. The Labute approximate surface area is 223 Å². The topological polar surface area (TPSA) is 144 Å². The minimum atomic E-state index is -3.86. The van der Waals surface area contributed by atoms with Gasteiger partial charge in [-0.05, 0) is 48.9 Å². The second-order valence-corrected chi connectivity index (χ2v) is 10.8. The summed E-state index contributed by atoms with van der Waals surface area (Å²) in [6, 6.07) is 11.1. The maximum Gasteiger partial charge on any atom is 0.336 e. The second kappa shape index (κ2) is 10.2. The third-order valence-corrected chi connectivity index (χ3v) is 8.29. The number of carboxylic acids is 1. The number of pyridine rings is 1. The largest absolute Gasteiger partial charge is 0.495 e. The number of H-pyrrole nitrogens is 1. The number of carbonyl (C=O) groups is 1. The molecule has 2 N–H and O–H groups in total. The highest BCUT2D eigenvalue weighted by Crippen LogP contribution is 2.35. The summed E-state index contributed by atoms with van der Waals surface area (Å²) in [7, 11) is -2.45. The molecule has 2 aromatic heterocycles. The van der Waals surface area contributed by atoms with Crippen molar-refractivity contribution in [3.8, 4) is 28.8 Å². The first-order valence-electron chi connectivity index (χ1n) is 11.5. The summed E-state index contributed by atoms with van der Waals surface area (Å²) < 4.78 is 44.5. The third kappa shape index (κ3) is 4.90. The van der Waals surface area contributed by atoms with Crippen molar-refractivity contribution < 1.29 is 32.5 Å². The molecule has 0 saturated carbocycles. The van der Waals surface area contributed by atoms with Gasteiger partial charge in [0.25, 0.3) is 0 Å². The van der Waals surface area contributed by atoms with Crippen molar-refractivity contribution in [1.82, 2.24) is 19.3 Å². The van der Waals surface area contributed by atoms with Crippen LogP contribution in [0, 0.1) is 6.92 Å². The molecule has 0 aliphatic carbocycles. The summed E-state index contributed by atoms with van der Waals surface area (Å²) in [4.78, 5) is 23.3. The van der Waals surface area contributed by atoms with Gasteiger partial charge in [0.15, 0.2) is 5.65 Å². The van der Waals surface area contributed by atoms with E-state index in [0.717, 1.165) is 0 Å². The lowest BCUT2D eigenvalue weighted by Crippen LogP contribution is -2.40. The number of nitrogens with one attached hydrogen (secondary N) is 1. The molecule has 3 heterocycles. The van der Waals surface area contributed by atoms with Gasteiger partial charge in [-0.2, -0.15) is 9.29 Å². The number of aromatic nitrogens is 3. The number of imidazole rings is 1. The number of rotatable bonds is 7. The van der Waals surface area contributed by atoms with Gasteiger partial charge in [-0.3, -0.25) is 0 Å². The molecular formula is C25H23ClN4O7S. The Kier molecular flexibility index (Phi) is 6.97. The summed E-state index contributed by atoms with van der Waals surface area (Å²) >= 11 is 6.55. The Morgan fingerprint density at radius 3 is 2.61 bits per heavy atom. The van der Waals surface area contributed by atoms with Crippen LogP contribution in [0.5, 0.6) is 17.5 Å². The number of hydrogen-bond acceptors (Lipinski definition) is 8. The smallest absolute Gasteiger partial charge is 0.336 e. The van der Waals surface area contributed by atoms with E-state index in [1.807, 2.05) is 0 Å². The van der Waals surface area contributed by atoms with Crippen LogP contribution in [0.4, 0.5) is 0 Å². The van der Waals surface area contributed by atoms with Gasteiger partial charge in [0.2, 0.25) is 10.0 Å². The van der Waals surface area contributed by atoms with E-state index in [-0.39, 0.29) is 51.7 Å². The Morgan fingerprint density at radius 1 is 1.13 bits per heavy atom. The average Bonchev–Trinajstić information content (AvgIpc) is 3.30. The Morgan fingerprint density at radius 2 is 1.89 bits per heavy atom. The Bertz CT molecular complexity index is 1650. The van der Waals surface area contributed by atoms with Crippen molar-refractivity contribution in [1.29, 1.82) is 0 Å². The molecule has 4 aromatic rings. The maximum absolute atomic E-state index is 13.4. The van der Waals surface area contributed by atoms with Crippen LogP contribution in [0.25, 0.3) is 22.4 Å². The SMILES string of the molecule is COc1ccc(-c2nc3nc(Oc4ccc(C)c(C(=O)O)c4)[nH]c3cc2Cl)cc1S(=O)(=O)N1CCOCC1. The Balaban J connectivity index is 1.51. The number of hydrogen-bond donors (Lipinski definition) is 2. The van der Waals surface area contributed by atoms with Gasteiger partial charge in [-0.25, -0.2) is 18.2 Å². The molecule has 0 atom stereocenters. The minimum Gasteiger partial charge on any atom is -0.495 e. The van der Waals surface area contributed by atoms with Crippen molar-refractivity contribution in [2.75, 3.05) is 33.4 Å². The fourth-order valence-electron chi connectivity index (χ4n) is 4.10. The quantitative estimate of drug-likeness (QED) is 0.342. The summed E-state index contributed by atoms with van der Waals surface area (Å²) in [5.41, 5.74) is 2.25.